The summed E-state index contributed by atoms with van der Waals surface area (Å²) in [5, 5.41) is 0.889. The van der Waals surface area contributed by atoms with E-state index in [-0.39, 0.29) is 5.78 Å². The summed E-state index contributed by atoms with van der Waals surface area (Å²) in [6, 6.07) is 44.6. The molecular weight excluding hydrogens is 556 g/mol. The zero-order chi connectivity index (χ0) is 30.6. The first-order chi connectivity index (χ1) is 22.2. The summed E-state index contributed by atoms with van der Waals surface area (Å²) in [6.07, 6.45) is 9.03. The number of furan rings is 1. The van der Waals surface area contributed by atoms with Gasteiger partial charge in [-0.2, -0.15) is 0 Å². The lowest BCUT2D eigenvalue weighted by molar-refractivity contribution is 0.104. The number of imidazole rings is 1. The van der Waals surface area contributed by atoms with Crippen LogP contribution in [0, 0.1) is 0 Å². The molecule has 0 atom stereocenters. The van der Waals surface area contributed by atoms with Crippen molar-refractivity contribution >= 4 is 22.8 Å². The van der Waals surface area contributed by atoms with Crippen LogP contribution in [0.2, 0.25) is 0 Å². The number of aromatic nitrogens is 2. The maximum atomic E-state index is 13.2. The first-order valence-electron chi connectivity index (χ1n) is 14.8. The van der Waals surface area contributed by atoms with E-state index in [4.69, 9.17) is 14.1 Å². The van der Waals surface area contributed by atoms with E-state index in [1.807, 2.05) is 67.0 Å². The molecule has 5 nitrogen and oxygen atoms in total. The van der Waals surface area contributed by atoms with Crippen LogP contribution < -0.4 is 4.74 Å². The molecule has 0 bridgehead atoms. The summed E-state index contributed by atoms with van der Waals surface area (Å²) in [5.74, 6) is 0.589. The Labute approximate surface area is 261 Å². The number of ketones is 1. The highest BCUT2D eigenvalue weighted by Crippen LogP contribution is 2.41. The number of nitrogens with zero attached hydrogens (tertiary/aromatic N) is 2. The SMILES string of the molecule is COc1ccc(-c2cn(C(c3ccccc3)(c3ccccc3)c3ccccc3)cn2)c(C=CC(=O)c2ccc3occc3c2)c1. The number of rotatable bonds is 9. The average molecular weight is 587 g/mol. The van der Waals surface area contributed by atoms with Crippen molar-refractivity contribution in [1.82, 2.24) is 9.55 Å². The quantitative estimate of drug-likeness (QED) is 0.0962. The molecule has 2 aromatic heterocycles. The largest absolute Gasteiger partial charge is 0.497 e. The lowest BCUT2D eigenvalue weighted by Crippen LogP contribution is -2.36. The van der Waals surface area contributed by atoms with E-state index in [0.29, 0.717) is 11.3 Å². The fourth-order valence-corrected chi connectivity index (χ4v) is 6.05. The van der Waals surface area contributed by atoms with E-state index in [0.717, 1.165) is 44.5 Å². The lowest BCUT2D eigenvalue weighted by atomic mass is 9.77. The number of hydrogen-bond donors (Lipinski definition) is 0. The van der Waals surface area contributed by atoms with Gasteiger partial charge < -0.3 is 13.7 Å². The molecule has 7 aromatic rings. The molecule has 0 fully saturated rings. The van der Waals surface area contributed by atoms with Gasteiger partial charge >= 0.3 is 0 Å². The second-order valence-corrected chi connectivity index (χ2v) is 10.8. The number of benzene rings is 5. The number of carbonyl (C=O) groups is 1. The second-order valence-electron chi connectivity index (χ2n) is 10.8. The van der Waals surface area contributed by atoms with Gasteiger partial charge in [0.2, 0.25) is 0 Å². The van der Waals surface area contributed by atoms with E-state index >= 15 is 0 Å². The molecule has 2 heterocycles. The average Bonchev–Trinajstić information content (AvgIpc) is 3.79. The van der Waals surface area contributed by atoms with Crippen molar-refractivity contribution in [2.45, 2.75) is 5.54 Å². The topological polar surface area (TPSA) is 57.3 Å². The van der Waals surface area contributed by atoms with Crippen LogP contribution in [0.25, 0.3) is 28.3 Å². The molecule has 7 rings (SSSR count). The summed E-state index contributed by atoms with van der Waals surface area (Å²) in [5.41, 5.74) is 6.47. The molecule has 218 valence electrons. The Hall–Kier alpha value is -5.94. The Morgan fingerprint density at radius 3 is 2.04 bits per heavy atom. The monoisotopic (exact) mass is 586 g/mol. The zero-order valence-corrected chi connectivity index (χ0v) is 24.7. The van der Waals surface area contributed by atoms with Crippen LogP contribution in [-0.2, 0) is 5.54 Å². The maximum absolute atomic E-state index is 13.2. The van der Waals surface area contributed by atoms with Crippen LogP contribution in [0.3, 0.4) is 0 Å². The molecule has 45 heavy (non-hydrogen) atoms. The fraction of sp³-hybridized carbons (Fsp3) is 0.0500. The minimum Gasteiger partial charge on any atom is -0.497 e. The van der Waals surface area contributed by atoms with Gasteiger partial charge in [-0.15, -0.1) is 0 Å². The standard InChI is InChI=1S/C40H30N2O3/c1-44-35-19-20-36(29(26-35)17-21-38(43)30-18-22-39-31(25-30)23-24-45-39)37-27-42(28-41-37)40(32-11-5-2-6-12-32,33-13-7-3-8-14-33)34-15-9-4-10-16-34/h2-28H,1H3. The molecular formula is C40H30N2O3. The Kier molecular flexibility index (Phi) is 7.42. The molecule has 0 saturated carbocycles. The molecule has 0 N–H and O–H groups in total. The van der Waals surface area contributed by atoms with Crippen LogP contribution in [0.15, 0.2) is 163 Å². The van der Waals surface area contributed by atoms with Gasteiger partial charge in [-0.1, -0.05) is 97.1 Å². The molecule has 0 amide bonds. The van der Waals surface area contributed by atoms with Gasteiger partial charge in [0.05, 0.1) is 25.4 Å². The highest BCUT2D eigenvalue weighted by Gasteiger charge is 2.38. The van der Waals surface area contributed by atoms with Crippen molar-refractivity contribution in [2.24, 2.45) is 0 Å². The van der Waals surface area contributed by atoms with Crippen molar-refractivity contribution in [3.05, 3.63) is 186 Å². The minimum atomic E-state index is -0.681. The van der Waals surface area contributed by atoms with Crippen molar-refractivity contribution < 1.29 is 13.9 Å². The number of methoxy groups -OCH3 is 1. The van der Waals surface area contributed by atoms with Gasteiger partial charge in [0, 0.05) is 22.7 Å². The Morgan fingerprint density at radius 1 is 0.778 bits per heavy atom. The number of fused-ring (bicyclic) bond motifs is 1. The van der Waals surface area contributed by atoms with Gasteiger partial charge in [0.1, 0.15) is 16.9 Å². The van der Waals surface area contributed by atoms with E-state index < -0.39 is 5.54 Å². The number of hydrogen-bond acceptors (Lipinski definition) is 4. The van der Waals surface area contributed by atoms with Gasteiger partial charge in [-0.25, -0.2) is 4.98 Å². The molecule has 0 aliphatic carbocycles. The third-order valence-corrected chi connectivity index (χ3v) is 8.23. The van der Waals surface area contributed by atoms with Gasteiger partial charge in [-0.05, 0) is 70.8 Å². The molecule has 0 aliphatic rings. The fourth-order valence-electron chi connectivity index (χ4n) is 6.05. The smallest absolute Gasteiger partial charge is 0.185 e. The summed E-state index contributed by atoms with van der Waals surface area (Å²) < 4.78 is 13.2. The van der Waals surface area contributed by atoms with E-state index in [9.17, 15) is 4.79 Å². The van der Waals surface area contributed by atoms with Crippen molar-refractivity contribution in [1.29, 1.82) is 0 Å². The molecule has 5 heteroatoms. The molecule has 5 aromatic carbocycles. The highest BCUT2D eigenvalue weighted by molar-refractivity contribution is 6.08. The molecule has 0 aliphatic heterocycles. The van der Waals surface area contributed by atoms with Gasteiger partial charge in [0.15, 0.2) is 5.78 Å². The van der Waals surface area contributed by atoms with E-state index in [2.05, 4.69) is 83.6 Å². The van der Waals surface area contributed by atoms with E-state index in [1.165, 1.54) is 0 Å². The van der Waals surface area contributed by atoms with Crippen molar-refractivity contribution in [3.8, 4) is 17.0 Å². The van der Waals surface area contributed by atoms with E-state index in [1.54, 1.807) is 25.5 Å². The predicted octanol–water partition coefficient (Wildman–Crippen LogP) is 9.04. The minimum absolute atomic E-state index is 0.103. The number of ether oxygens (including phenoxy) is 1. The third kappa shape index (κ3) is 5.15. The van der Waals surface area contributed by atoms with Gasteiger partial charge in [-0.3, -0.25) is 4.79 Å². The lowest BCUT2D eigenvalue weighted by Gasteiger charge is -2.37. The Morgan fingerprint density at radius 2 is 1.42 bits per heavy atom. The molecule has 0 unspecified atom stereocenters. The first kappa shape index (κ1) is 27.9. The summed E-state index contributed by atoms with van der Waals surface area (Å²) in [6.45, 7) is 0. The molecule has 0 radical (unpaired) electrons. The van der Waals surface area contributed by atoms with Crippen molar-refractivity contribution in [2.75, 3.05) is 7.11 Å². The first-order valence-corrected chi connectivity index (χ1v) is 14.8. The highest BCUT2D eigenvalue weighted by atomic mass is 16.5. The van der Waals surface area contributed by atoms with Crippen LogP contribution in [0.4, 0.5) is 0 Å². The number of carbonyl (C=O) groups excluding carboxylic acids is 1. The van der Waals surface area contributed by atoms with Crippen LogP contribution in [-0.4, -0.2) is 22.4 Å². The second kappa shape index (κ2) is 12.0. The molecule has 0 spiro atoms. The normalized spacial score (nSPS) is 11.7. The van der Waals surface area contributed by atoms with Crippen molar-refractivity contribution in [3.63, 3.8) is 0 Å². The van der Waals surface area contributed by atoms with Crippen LogP contribution in [0.1, 0.15) is 32.6 Å². The summed E-state index contributed by atoms with van der Waals surface area (Å²) in [4.78, 5) is 18.2. The number of allylic oxidation sites excluding steroid dienone is 1. The Balaban J connectivity index is 1.35. The molecule has 0 saturated heterocycles. The maximum Gasteiger partial charge on any atom is 0.185 e. The summed E-state index contributed by atoms with van der Waals surface area (Å²) in [7, 11) is 1.64. The predicted molar refractivity (Wildman–Crippen MR) is 178 cm³/mol. The third-order valence-electron chi connectivity index (χ3n) is 8.23. The van der Waals surface area contributed by atoms with Crippen LogP contribution >= 0.6 is 0 Å². The summed E-state index contributed by atoms with van der Waals surface area (Å²) >= 11 is 0. The Bertz CT molecular complexity index is 2010. The van der Waals surface area contributed by atoms with Gasteiger partial charge in [0.25, 0.3) is 0 Å². The van der Waals surface area contributed by atoms with Crippen LogP contribution in [0.5, 0.6) is 5.75 Å². The zero-order valence-electron chi connectivity index (χ0n) is 24.7.